The molecule has 96 valence electrons. The van der Waals surface area contributed by atoms with Crippen molar-refractivity contribution in [2.75, 3.05) is 11.9 Å². The monoisotopic (exact) mass is 249 g/mol. The number of phenols is 1. The Labute approximate surface area is 105 Å². The van der Waals surface area contributed by atoms with Crippen molar-refractivity contribution < 1.29 is 19.4 Å². The van der Waals surface area contributed by atoms with Gasteiger partial charge >= 0.3 is 5.97 Å². The molecule has 18 heavy (non-hydrogen) atoms. The number of aromatic hydroxyl groups is 1. The number of anilines is 1. The van der Waals surface area contributed by atoms with Crippen LogP contribution in [-0.4, -0.2) is 23.6 Å². The summed E-state index contributed by atoms with van der Waals surface area (Å²) in [7, 11) is 0. The van der Waals surface area contributed by atoms with E-state index in [2.05, 4.69) is 5.32 Å². The summed E-state index contributed by atoms with van der Waals surface area (Å²) < 4.78 is 4.83. The first-order valence-electron chi connectivity index (χ1n) is 5.89. The summed E-state index contributed by atoms with van der Waals surface area (Å²) in [5, 5.41) is 12.4. The molecule has 1 heterocycles. The molecule has 1 aromatic rings. The topological polar surface area (TPSA) is 75.6 Å². The van der Waals surface area contributed by atoms with Gasteiger partial charge in [0.15, 0.2) is 0 Å². The molecule has 0 aromatic heterocycles. The first-order valence-corrected chi connectivity index (χ1v) is 5.89. The number of phenolic OH excluding ortho intramolecular Hbond substituents is 1. The molecule has 1 unspecified atom stereocenters. The van der Waals surface area contributed by atoms with Crippen molar-refractivity contribution >= 4 is 17.6 Å². The molecule has 1 aromatic carbocycles. The molecule has 0 saturated carbocycles. The molecule has 0 spiro atoms. The highest BCUT2D eigenvalue weighted by molar-refractivity contribution is 5.98. The average molecular weight is 249 g/mol. The van der Waals surface area contributed by atoms with Crippen LogP contribution in [0.15, 0.2) is 18.2 Å². The predicted octanol–water partition coefficient (Wildman–Crippen LogP) is 1.46. The molecule has 1 aliphatic heterocycles. The molecule has 0 aliphatic carbocycles. The van der Waals surface area contributed by atoms with Crippen LogP contribution in [0.2, 0.25) is 0 Å². The summed E-state index contributed by atoms with van der Waals surface area (Å²) in [6, 6.07) is 4.96. The van der Waals surface area contributed by atoms with Crippen LogP contribution >= 0.6 is 0 Å². The smallest absolute Gasteiger partial charge is 0.306 e. The van der Waals surface area contributed by atoms with E-state index in [1.54, 1.807) is 25.1 Å². The second-order valence-corrected chi connectivity index (χ2v) is 4.20. The molecular formula is C13H15NO4. The number of carbonyl (C=O) groups excluding carboxylic acids is 2. The van der Waals surface area contributed by atoms with E-state index in [1.807, 2.05) is 0 Å². The van der Waals surface area contributed by atoms with Crippen LogP contribution in [0.4, 0.5) is 5.69 Å². The van der Waals surface area contributed by atoms with Crippen LogP contribution in [0.5, 0.6) is 5.75 Å². The van der Waals surface area contributed by atoms with E-state index < -0.39 is 11.9 Å². The number of fused-ring (bicyclic) bond motifs is 1. The molecule has 2 N–H and O–H groups in total. The van der Waals surface area contributed by atoms with Crippen molar-refractivity contribution in [3.05, 3.63) is 23.8 Å². The van der Waals surface area contributed by atoms with Gasteiger partial charge in [-0.1, -0.05) is 6.07 Å². The number of ether oxygens (including phenoxy) is 1. The van der Waals surface area contributed by atoms with Gasteiger partial charge in [0.1, 0.15) is 5.75 Å². The second kappa shape index (κ2) is 5.08. The quantitative estimate of drug-likeness (QED) is 0.795. The minimum absolute atomic E-state index is 0.0352. The zero-order valence-corrected chi connectivity index (χ0v) is 10.1. The van der Waals surface area contributed by atoms with E-state index in [9.17, 15) is 14.7 Å². The summed E-state index contributed by atoms with van der Waals surface area (Å²) in [6.07, 6.45) is 0.389. The molecule has 5 heteroatoms. The standard InChI is InChI=1S/C13H15NO4/c1-2-18-12(16)7-8-6-9-10(14-13(8)17)4-3-5-11(9)15/h3-5,8,15H,2,6-7H2,1H3,(H,14,17). The second-order valence-electron chi connectivity index (χ2n) is 4.20. The van der Waals surface area contributed by atoms with Crippen molar-refractivity contribution in [2.24, 2.45) is 5.92 Å². The molecule has 0 radical (unpaired) electrons. The summed E-state index contributed by atoms with van der Waals surface area (Å²) in [5.74, 6) is -0.941. The number of amides is 1. The lowest BCUT2D eigenvalue weighted by Crippen LogP contribution is -2.32. The minimum Gasteiger partial charge on any atom is -0.508 e. The summed E-state index contributed by atoms with van der Waals surface area (Å²) in [4.78, 5) is 23.2. The Morgan fingerprint density at radius 1 is 1.56 bits per heavy atom. The van der Waals surface area contributed by atoms with Gasteiger partial charge in [0.05, 0.1) is 18.9 Å². The third-order valence-electron chi connectivity index (χ3n) is 2.95. The van der Waals surface area contributed by atoms with Crippen molar-refractivity contribution in [3.8, 4) is 5.75 Å². The Morgan fingerprint density at radius 2 is 2.33 bits per heavy atom. The summed E-state index contributed by atoms with van der Waals surface area (Å²) >= 11 is 0. The highest BCUT2D eigenvalue weighted by Crippen LogP contribution is 2.33. The van der Waals surface area contributed by atoms with Gasteiger partial charge in [-0.25, -0.2) is 0 Å². The highest BCUT2D eigenvalue weighted by atomic mass is 16.5. The first kappa shape index (κ1) is 12.4. The van der Waals surface area contributed by atoms with Crippen LogP contribution in [0, 0.1) is 5.92 Å². The number of rotatable bonds is 3. The number of hydrogen-bond donors (Lipinski definition) is 2. The Kier molecular flexibility index (Phi) is 3.50. The van der Waals surface area contributed by atoms with Gasteiger partial charge in [-0.2, -0.15) is 0 Å². The van der Waals surface area contributed by atoms with Gasteiger partial charge < -0.3 is 15.2 Å². The van der Waals surface area contributed by atoms with Crippen molar-refractivity contribution in [2.45, 2.75) is 19.8 Å². The van der Waals surface area contributed by atoms with E-state index >= 15 is 0 Å². The normalized spacial score (nSPS) is 17.8. The van der Waals surface area contributed by atoms with Gasteiger partial charge in [0.2, 0.25) is 5.91 Å². The van der Waals surface area contributed by atoms with Crippen molar-refractivity contribution in [3.63, 3.8) is 0 Å². The Morgan fingerprint density at radius 3 is 3.06 bits per heavy atom. The maximum absolute atomic E-state index is 11.8. The van der Waals surface area contributed by atoms with Gasteiger partial charge in [-0.05, 0) is 25.5 Å². The van der Waals surface area contributed by atoms with Crippen molar-refractivity contribution in [1.82, 2.24) is 0 Å². The van der Waals surface area contributed by atoms with Crippen LogP contribution in [-0.2, 0) is 20.7 Å². The molecule has 1 atom stereocenters. The van der Waals surface area contributed by atoms with E-state index in [0.717, 1.165) is 0 Å². The lowest BCUT2D eigenvalue weighted by atomic mass is 9.90. The lowest BCUT2D eigenvalue weighted by molar-refractivity contribution is -0.145. The number of hydrogen-bond acceptors (Lipinski definition) is 4. The minimum atomic E-state index is -0.482. The average Bonchev–Trinajstić information content (AvgIpc) is 2.31. The van der Waals surface area contributed by atoms with Gasteiger partial charge in [0.25, 0.3) is 0 Å². The van der Waals surface area contributed by atoms with Crippen LogP contribution in [0.1, 0.15) is 18.9 Å². The molecular weight excluding hydrogens is 234 g/mol. The SMILES string of the molecule is CCOC(=O)CC1Cc2c(O)cccc2NC1=O. The van der Waals surface area contributed by atoms with Crippen LogP contribution in [0.3, 0.4) is 0 Å². The number of carbonyl (C=O) groups is 2. The Hall–Kier alpha value is -2.04. The lowest BCUT2D eigenvalue weighted by Gasteiger charge is -2.24. The van der Waals surface area contributed by atoms with E-state index in [-0.39, 0.29) is 18.1 Å². The maximum atomic E-state index is 11.8. The predicted molar refractivity (Wildman–Crippen MR) is 65.2 cm³/mol. The molecule has 2 rings (SSSR count). The van der Waals surface area contributed by atoms with Gasteiger partial charge in [-0.15, -0.1) is 0 Å². The van der Waals surface area contributed by atoms with E-state index in [1.165, 1.54) is 0 Å². The molecule has 0 bridgehead atoms. The Balaban J connectivity index is 2.15. The van der Waals surface area contributed by atoms with Gasteiger partial charge in [-0.3, -0.25) is 9.59 Å². The van der Waals surface area contributed by atoms with Crippen molar-refractivity contribution in [1.29, 1.82) is 0 Å². The highest BCUT2D eigenvalue weighted by Gasteiger charge is 2.29. The largest absolute Gasteiger partial charge is 0.508 e. The number of esters is 1. The van der Waals surface area contributed by atoms with E-state index in [0.29, 0.717) is 24.3 Å². The first-order chi connectivity index (χ1) is 8.61. The third-order valence-corrected chi connectivity index (χ3v) is 2.95. The zero-order chi connectivity index (χ0) is 13.1. The molecule has 1 amide bonds. The van der Waals surface area contributed by atoms with E-state index in [4.69, 9.17) is 4.74 Å². The fraction of sp³-hybridized carbons (Fsp3) is 0.385. The maximum Gasteiger partial charge on any atom is 0.306 e. The fourth-order valence-corrected chi connectivity index (χ4v) is 2.07. The van der Waals surface area contributed by atoms with Crippen LogP contribution < -0.4 is 5.32 Å². The number of benzene rings is 1. The summed E-state index contributed by atoms with van der Waals surface area (Å²) in [6.45, 7) is 2.02. The van der Waals surface area contributed by atoms with Gasteiger partial charge in [0, 0.05) is 11.3 Å². The molecule has 0 fully saturated rings. The fourth-order valence-electron chi connectivity index (χ4n) is 2.07. The zero-order valence-electron chi connectivity index (χ0n) is 10.1. The van der Waals surface area contributed by atoms with Crippen LogP contribution in [0.25, 0.3) is 0 Å². The Bertz CT molecular complexity index is 484. The third kappa shape index (κ3) is 2.45. The molecule has 0 saturated heterocycles. The molecule has 5 nitrogen and oxygen atoms in total. The summed E-state index contributed by atoms with van der Waals surface area (Å²) in [5.41, 5.74) is 1.28. The number of nitrogens with one attached hydrogen (secondary N) is 1. The molecule has 1 aliphatic rings.